The number of halogens is 1. The lowest BCUT2D eigenvalue weighted by Gasteiger charge is -2.26. The van der Waals surface area contributed by atoms with E-state index < -0.39 is 0 Å². The summed E-state index contributed by atoms with van der Waals surface area (Å²) in [6, 6.07) is 0. The van der Waals surface area contributed by atoms with Crippen LogP contribution in [0.3, 0.4) is 0 Å². The Morgan fingerprint density at radius 1 is 1.38 bits per heavy atom. The van der Waals surface area contributed by atoms with Gasteiger partial charge >= 0.3 is 0 Å². The number of ether oxygens (including phenoxy) is 1. The fraction of sp³-hybridized carbons (Fsp3) is 1.00. The van der Waals surface area contributed by atoms with Gasteiger partial charge in [-0.25, -0.2) is 0 Å². The van der Waals surface area contributed by atoms with Gasteiger partial charge in [0.15, 0.2) is 0 Å². The topological polar surface area (TPSA) is 9.23 Å². The predicted molar refractivity (Wildman–Crippen MR) is 62.5 cm³/mol. The molecule has 0 aromatic carbocycles. The molecule has 80 valence electrons. The van der Waals surface area contributed by atoms with Crippen molar-refractivity contribution in [3.8, 4) is 0 Å². The zero-order valence-corrected chi connectivity index (χ0v) is 11.1. The summed E-state index contributed by atoms with van der Waals surface area (Å²) < 4.78 is 5.39. The summed E-state index contributed by atoms with van der Waals surface area (Å²) in [6.07, 6.45) is 3.56. The molecule has 0 amide bonds. The van der Waals surface area contributed by atoms with Gasteiger partial charge in [0.05, 0.1) is 5.60 Å². The minimum atomic E-state index is 0.0364. The molecule has 0 aliphatic heterocycles. The van der Waals surface area contributed by atoms with Gasteiger partial charge in [0.25, 0.3) is 0 Å². The summed E-state index contributed by atoms with van der Waals surface area (Å²) >= 11 is 3.69. The maximum absolute atomic E-state index is 5.39. The molecule has 1 nitrogen and oxygen atoms in total. The monoisotopic (exact) mass is 250 g/mol. The van der Waals surface area contributed by atoms with Crippen molar-refractivity contribution in [1.82, 2.24) is 0 Å². The lowest BCUT2D eigenvalue weighted by molar-refractivity contribution is 0.0108. The van der Waals surface area contributed by atoms with E-state index in [4.69, 9.17) is 4.74 Å². The molecule has 0 aromatic heterocycles. The minimum absolute atomic E-state index is 0.0364. The van der Waals surface area contributed by atoms with Crippen molar-refractivity contribution in [2.45, 2.75) is 57.4 Å². The summed E-state index contributed by atoms with van der Waals surface area (Å²) in [4.78, 5) is 0.653. The third-order valence-corrected chi connectivity index (χ3v) is 4.31. The van der Waals surface area contributed by atoms with Gasteiger partial charge in [-0.1, -0.05) is 29.8 Å². The molecule has 2 heteroatoms. The first-order valence-electron chi connectivity index (χ1n) is 5.12. The fourth-order valence-electron chi connectivity index (χ4n) is 1.26. The van der Waals surface area contributed by atoms with Crippen molar-refractivity contribution in [3.05, 3.63) is 0 Å². The van der Waals surface area contributed by atoms with E-state index in [1.807, 2.05) is 0 Å². The average Bonchev–Trinajstić information content (AvgIpc) is 2.13. The lowest BCUT2D eigenvalue weighted by atomic mass is 9.93. The molecule has 0 aliphatic rings. The van der Waals surface area contributed by atoms with Crippen LogP contribution in [0.2, 0.25) is 0 Å². The largest absolute Gasteiger partial charge is 0.379 e. The van der Waals surface area contributed by atoms with Crippen molar-refractivity contribution in [2.75, 3.05) is 7.11 Å². The van der Waals surface area contributed by atoms with Crippen LogP contribution in [0.1, 0.15) is 47.0 Å². The van der Waals surface area contributed by atoms with Gasteiger partial charge in [0.2, 0.25) is 0 Å². The molecule has 0 aromatic rings. The minimum Gasteiger partial charge on any atom is -0.379 e. The summed E-state index contributed by atoms with van der Waals surface area (Å²) in [5.41, 5.74) is 0.0364. The Morgan fingerprint density at radius 2 is 1.92 bits per heavy atom. The van der Waals surface area contributed by atoms with Crippen LogP contribution in [0.4, 0.5) is 0 Å². The van der Waals surface area contributed by atoms with Crippen LogP contribution in [0.5, 0.6) is 0 Å². The van der Waals surface area contributed by atoms with Gasteiger partial charge in [-0.2, -0.15) is 0 Å². The van der Waals surface area contributed by atoms with E-state index in [0.717, 1.165) is 12.3 Å². The number of alkyl halides is 1. The van der Waals surface area contributed by atoms with Gasteiger partial charge in [0.1, 0.15) is 0 Å². The smallest absolute Gasteiger partial charge is 0.0622 e. The highest BCUT2D eigenvalue weighted by Crippen LogP contribution is 2.25. The Morgan fingerprint density at radius 3 is 2.31 bits per heavy atom. The van der Waals surface area contributed by atoms with Crippen LogP contribution < -0.4 is 0 Å². The molecule has 0 N–H and O–H groups in total. The number of methoxy groups -OCH3 is 1. The number of rotatable bonds is 6. The van der Waals surface area contributed by atoms with Crippen LogP contribution in [0.15, 0.2) is 0 Å². The molecular formula is C11H23BrO. The third-order valence-electron chi connectivity index (χ3n) is 2.76. The Labute approximate surface area is 91.4 Å². The van der Waals surface area contributed by atoms with Crippen molar-refractivity contribution in [2.24, 2.45) is 5.92 Å². The fourth-order valence-corrected chi connectivity index (χ4v) is 1.52. The molecule has 0 rings (SSSR count). The van der Waals surface area contributed by atoms with E-state index in [2.05, 4.69) is 43.6 Å². The first kappa shape index (κ1) is 13.4. The molecule has 13 heavy (non-hydrogen) atoms. The van der Waals surface area contributed by atoms with Gasteiger partial charge in [-0.15, -0.1) is 0 Å². The summed E-state index contributed by atoms with van der Waals surface area (Å²) in [6.45, 7) is 8.82. The quantitative estimate of drug-likeness (QED) is 0.648. The summed E-state index contributed by atoms with van der Waals surface area (Å²) in [5, 5.41) is 0. The normalized spacial score (nSPS) is 17.1. The molecule has 0 spiro atoms. The molecule has 0 saturated heterocycles. The van der Waals surface area contributed by atoms with Crippen LogP contribution in [-0.2, 0) is 4.74 Å². The molecular weight excluding hydrogens is 228 g/mol. The third kappa shape index (κ3) is 5.69. The zero-order valence-electron chi connectivity index (χ0n) is 9.56. The van der Waals surface area contributed by atoms with Gasteiger partial charge in [-0.3, -0.25) is 0 Å². The van der Waals surface area contributed by atoms with E-state index in [1.54, 1.807) is 7.11 Å². The van der Waals surface area contributed by atoms with E-state index >= 15 is 0 Å². The van der Waals surface area contributed by atoms with E-state index in [0.29, 0.717) is 4.83 Å². The first-order valence-corrected chi connectivity index (χ1v) is 6.03. The summed E-state index contributed by atoms with van der Waals surface area (Å²) in [7, 11) is 1.79. The van der Waals surface area contributed by atoms with Crippen LogP contribution in [-0.4, -0.2) is 17.5 Å². The summed E-state index contributed by atoms with van der Waals surface area (Å²) in [5.74, 6) is 0.736. The molecule has 0 heterocycles. The molecule has 0 saturated carbocycles. The van der Waals surface area contributed by atoms with Crippen LogP contribution >= 0.6 is 15.9 Å². The van der Waals surface area contributed by atoms with E-state index in [1.165, 1.54) is 12.8 Å². The van der Waals surface area contributed by atoms with E-state index in [-0.39, 0.29) is 5.60 Å². The first-order chi connectivity index (χ1) is 5.93. The van der Waals surface area contributed by atoms with Crippen LogP contribution in [0, 0.1) is 5.92 Å². The maximum Gasteiger partial charge on any atom is 0.0622 e. The Bertz CT molecular complexity index is 134. The Kier molecular flexibility index (Phi) is 6.23. The molecule has 2 atom stereocenters. The number of hydrogen-bond donors (Lipinski definition) is 0. The Hall–Kier alpha value is 0.440. The SMILES string of the molecule is CCC(Br)C(C)CCC(C)(C)OC. The van der Waals surface area contributed by atoms with Gasteiger partial charge < -0.3 is 4.74 Å². The van der Waals surface area contributed by atoms with Crippen molar-refractivity contribution in [3.63, 3.8) is 0 Å². The second kappa shape index (κ2) is 6.02. The second-order valence-corrected chi connectivity index (χ2v) is 5.58. The highest BCUT2D eigenvalue weighted by Gasteiger charge is 2.19. The van der Waals surface area contributed by atoms with E-state index in [9.17, 15) is 0 Å². The van der Waals surface area contributed by atoms with Crippen LogP contribution in [0.25, 0.3) is 0 Å². The Balaban J connectivity index is 3.75. The van der Waals surface area contributed by atoms with Crippen molar-refractivity contribution in [1.29, 1.82) is 0 Å². The highest BCUT2D eigenvalue weighted by molar-refractivity contribution is 9.09. The maximum atomic E-state index is 5.39. The highest BCUT2D eigenvalue weighted by atomic mass is 79.9. The second-order valence-electron chi connectivity index (χ2n) is 4.40. The zero-order chi connectivity index (χ0) is 10.5. The molecule has 0 radical (unpaired) electrons. The standard InChI is InChI=1S/C11H23BrO/c1-6-10(12)9(2)7-8-11(3,4)13-5/h9-10H,6-8H2,1-5H3. The number of hydrogen-bond acceptors (Lipinski definition) is 1. The van der Waals surface area contributed by atoms with Crippen molar-refractivity contribution >= 4 is 15.9 Å². The molecule has 0 aliphatic carbocycles. The molecule has 0 fully saturated rings. The molecule has 0 bridgehead atoms. The van der Waals surface area contributed by atoms with Gasteiger partial charge in [0, 0.05) is 11.9 Å². The lowest BCUT2D eigenvalue weighted by Crippen LogP contribution is -2.24. The van der Waals surface area contributed by atoms with Gasteiger partial charge in [-0.05, 0) is 39.0 Å². The average molecular weight is 251 g/mol. The molecule has 2 unspecified atom stereocenters. The predicted octanol–water partition coefficient (Wildman–Crippen LogP) is 4.00. The van der Waals surface area contributed by atoms with Crippen molar-refractivity contribution < 1.29 is 4.74 Å².